The second-order valence-corrected chi connectivity index (χ2v) is 5.13. The first-order valence-electron chi connectivity index (χ1n) is 5.47. The Kier molecular flexibility index (Phi) is 2.58. The van der Waals surface area contributed by atoms with Gasteiger partial charge in [-0.3, -0.25) is 0 Å². The van der Waals surface area contributed by atoms with E-state index in [1.807, 2.05) is 18.2 Å². The van der Waals surface area contributed by atoms with Crippen molar-refractivity contribution in [1.29, 1.82) is 0 Å². The molecular weight excluding hydrogens is 216 g/mol. The van der Waals surface area contributed by atoms with E-state index < -0.39 is 0 Å². The Hall–Kier alpha value is -1.97. The van der Waals surface area contributed by atoms with Crippen molar-refractivity contribution in [1.82, 2.24) is 4.73 Å². The van der Waals surface area contributed by atoms with E-state index >= 15 is 0 Å². The number of rotatable bonds is 0. The van der Waals surface area contributed by atoms with E-state index in [4.69, 9.17) is 5.21 Å². The van der Waals surface area contributed by atoms with E-state index in [1.54, 1.807) is 6.07 Å². The number of hydrogen-bond acceptors (Lipinski definition) is 3. The van der Waals surface area contributed by atoms with Gasteiger partial charge in [-0.05, 0) is 29.2 Å². The summed E-state index contributed by atoms with van der Waals surface area (Å²) >= 11 is 0. The molecule has 0 saturated carbocycles. The van der Waals surface area contributed by atoms with Crippen LogP contribution in [-0.2, 0) is 5.41 Å². The molecule has 0 saturated heterocycles. The van der Waals surface area contributed by atoms with Crippen LogP contribution >= 0.6 is 0 Å². The first-order valence-corrected chi connectivity index (χ1v) is 5.47. The molecule has 1 aromatic heterocycles. The third-order valence-electron chi connectivity index (χ3n) is 2.87. The van der Waals surface area contributed by atoms with E-state index in [1.165, 1.54) is 6.20 Å². The van der Waals surface area contributed by atoms with Crippen LogP contribution in [0.5, 0.6) is 0 Å². The lowest BCUT2D eigenvalue weighted by Crippen LogP contribution is -2.14. The average Bonchev–Trinajstić information content (AvgIpc) is 2.28. The standard InChI is InChI=1S/C13H16N2O2/c1-13(2,3)9-4-5-12-10(8-9)11(14-16)6-7-15(12)17/h4-8,16-17H,1-3H3. The normalized spacial score (nSPS) is 13.2. The van der Waals surface area contributed by atoms with E-state index in [0.717, 1.165) is 15.7 Å². The van der Waals surface area contributed by atoms with Gasteiger partial charge >= 0.3 is 0 Å². The second-order valence-electron chi connectivity index (χ2n) is 5.13. The third kappa shape index (κ3) is 1.98. The van der Waals surface area contributed by atoms with E-state index in [-0.39, 0.29) is 5.41 Å². The Balaban J connectivity index is 2.85. The summed E-state index contributed by atoms with van der Waals surface area (Å²) in [6.07, 6.45) is 1.45. The van der Waals surface area contributed by atoms with Crippen molar-refractivity contribution in [3.8, 4) is 0 Å². The van der Waals surface area contributed by atoms with Gasteiger partial charge < -0.3 is 10.4 Å². The van der Waals surface area contributed by atoms with Crippen molar-refractivity contribution in [3.63, 3.8) is 0 Å². The van der Waals surface area contributed by atoms with Crippen molar-refractivity contribution in [3.05, 3.63) is 41.4 Å². The maximum absolute atomic E-state index is 9.68. The van der Waals surface area contributed by atoms with Crippen molar-refractivity contribution >= 4 is 10.9 Å². The highest BCUT2D eigenvalue weighted by Gasteiger charge is 2.14. The average molecular weight is 232 g/mol. The van der Waals surface area contributed by atoms with Gasteiger partial charge in [0.15, 0.2) is 0 Å². The SMILES string of the molecule is CC(C)(C)c1ccc2c(c1)c(=NO)ccn2O. The van der Waals surface area contributed by atoms with Gasteiger partial charge in [0.05, 0.1) is 5.52 Å². The van der Waals surface area contributed by atoms with Crippen LogP contribution in [0.15, 0.2) is 35.6 Å². The first-order chi connectivity index (χ1) is 7.93. The number of benzene rings is 1. The van der Waals surface area contributed by atoms with Crippen molar-refractivity contribution in [2.45, 2.75) is 26.2 Å². The van der Waals surface area contributed by atoms with Gasteiger partial charge in [-0.15, -0.1) is 0 Å². The summed E-state index contributed by atoms with van der Waals surface area (Å²) in [6.45, 7) is 6.33. The maximum Gasteiger partial charge on any atom is 0.113 e. The van der Waals surface area contributed by atoms with Gasteiger partial charge in [0.1, 0.15) is 5.36 Å². The highest BCUT2D eigenvalue weighted by Crippen LogP contribution is 2.24. The zero-order chi connectivity index (χ0) is 12.6. The van der Waals surface area contributed by atoms with Crippen molar-refractivity contribution < 1.29 is 10.4 Å². The van der Waals surface area contributed by atoms with Crippen LogP contribution < -0.4 is 5.36 Å². The Labute approximate surface area is 99.4 Å². The topological polar surface area (TPSA) is 57.8 Å². The monoisotopic (exact) mass is 232 g/mol. The Morgan fingerprint density at radius 1 is 1.18 bits per heavy atom. The van der Waals surface area contributed by atoms with Crippen LogP contribution in [0, 0.1) is 0 Å². The molecule has 1 heterocycles. The number of nitrogens with zero attached hydrogens (tertiary/aromatic N) is 2. The predicted molar refractivity (Wildman–Crippen MR) is 65.2 cm³/mol. The molecule has 90 valence electrons. The smallest absolute Gasteiger partial charge is 0.113 e. The quantitative estimate of drug-likeness (QED) is 0.416. The molecule has 1 aromatic carbocycles. The molecule has 0 amide bonds. The highest BCUT2D eigenvalue weighted by molar-refractivity contribution is 5.79. The number of hydrogen-bond donors (Lipinski definition) is 2. The minimum Gasteiger partial charge on any atom is -0.428 e. The molecule has 0 aliphatic rings. The van der Waals surface area contributed by atoms with Gasteiger partial charge in [0.2, 0.25) is 0 Å². The van der Waals surface area contributed by atoms with Crippen LogP contribution in [0.3, 0.4) is 0 Å². The fourth-order valence-electron chi connectivity index (χ4n) is 1.81. The van der Waals surface area contributed by atoms with Crippen LogP contribution in [0.4, 0.5) is 0 Å². The first kappa shape index (κ1) is 11.5. The van der Waals surface area contributed by atoms with Crippen LogP contribution in [0.2, 0.25) is 0 Å². The van der Waals surface area contributed by atoms with E-state index in [2.05, 4.69) is 25.9 Å². The van der Waals surface area contributed by atoms with Crippen molar-refractivity contribution in [2.24, 2.45) is 5.16 Å². The van der Waals surface area contributed by atoms with Crippen LogP contribution in [-0.4, -0.2) is 15.1 Å². The summed E-state index contributed by atoms with van der Waals surface area (Å²) in [6, 6.07) is 7.30. The molecule has 0 bridgehead atoms. The summed E-state index contributed by atoms with van der Waals surface area (Å²) in [5.41, 5.74) is 1.76. The Morgan fingerprint density at radius 2 is 1.88 bits per heavy atom. The van der Waals surface area contributed by atoms with Crippen LogP contribution in [0.1, 0.15) is 26.3 Å². The molecule has 4 heteroatoms. The Morgan fingerprint density at radius 3 is 2.47 bits per heavy atom. The Bertz CT molecular complexity index is 621. The molecule has 2 aromatic rings. The van der Waals surface area contributed by atoms with Crippen LogP contribution in [0.25, 0.3) is 10.9 Å². The molecule has 17 heavy (non-hydrogen) atoms. The summed E-state index contributed by atoms with van der Waals surface area (Å²) < 4.78 is 1.02. The summed E-state index contributed by atoms with van der Waals surface area (Å²) in [7, 11) is 0. The molecule has 0 spiro atoms. The third-order valence-corrected chi connectivity index (χ3v) is 2.87. The largest absolute Gasteiger partial charge is 0.428 e. The molecule has 0 fully saturated rings. The lowest BCUT2D eigenvalue weighted by Gasteiger charge is -2.19. The maximum atomic E-state index is 9.68. The molecule has 2 rings (SSSR count). The predicted octanol–water partition coefficient (Wildman–Crippen LogP) is 2.47. The van der Waals surface area contributed by atoms with E-state index in [9.17, 15) is 5.21 Å². The summed E-state index contributed by atoms with van der Waals surface area (Å²) in [5, 5.41) is 23.1. The van der Waals surface area contributed by atoms with Crippen molar-refractivity contribution in [2.75, 3.05) is 0 Å². The molecule has 0 unspecified atom stereocenters. The zero-order valence-corrected chi connectivity index (χ0v) is 10.2. The lowest BCUT2D eigenvalue weighted by molar-refractivity contribution is 0.197. The minimum absolute atomic E-state index is 0.0110. The van der Waals surface area contributed by atoms with Gasteiger partial charge in [0.25, 0.3) is 0 Å². The summed E-state index contributed by atoms with van der Waals surface area (Å²) in [4.78, 5) is 0. The minimum atomic E-state index is 0.0110. The fraction of sp³-hybridized carbons (Fsp3) is 0.308. The number of pyridine rings is 1. The van der Waals surface area contributed by atoms with Gasteiger partial charge in [-0.1, -0.05) is 32.0 Å². The molecule has 4 nitrogen and oxygen atoms in total. The second kappa shape index (κ2) is 3.80. The fourth-order valence-corrected chi connectivity index (χ4v) is 1.81. The summed E-state index contributed by atoms with van der Waals surface area (Å²) in [5.74, 6) is 0. The molecule has 0 aliphatic heterocycles. The highest BCUT2D eigenvalue weighted by atomic mass is 16.5. The molecule has 0 atom stereocenters. The zero-order valence-electron chi connectivity index (χ0n) is 10.2. The molecular formula is C13H16N2O2. The van der Waals surface area contributed by atoms with Gasteiger partial charge in [-0.2, -0.15) is 4.73 Å². The van der Waals surface area contributed by atoms with Gasteiger partial charge in [-0.25, -0.2) is 0 Å². The number of aromatic nitrogens is 1. The van der Waals surface area contributed by atoms with E-state index in [0.29, 0.717) is 10.9 Å². The van der Waals surface area contributed by atoms with Gasteiger partial charge in [0, 0.05) is 11.6 Å². The molecule has 2 N–H and O–H groups in total. The number of fused-ring (bicyclic) bond motifs is 1. The lowest BCUT2D eigenvalue weighted by atomic mass is 9.86. The molecule has 0 aliphatic carbocycles. The molecule has 0 radical (unpaired) electrons.